The van der Waals surface area contributed by atoms with Crippen LogP contribution in [0.15, 0.2) is 44.4 Å². The Labute approximate surface area is 214 Å². The zero-order valence-corrected chi connectivity index (χ0v) is 21.8. The Kier molecular flexibility index (Phi) is 6.08. The summed E-state index contributed by atoms with van der Waals surface area (Å²) in [6.07, 6.45) is 4.53. The maximum atomic E-state index is 14.7. The molecule has 196 valence electrons. The third-order valence-corrected chi connectivity index (χ3v) is 9.62. The van der Waals surface area contributed by atoms with Crippen molar-refractivity contribution in [2.24, 2.45) is 7.05 Å². The van der Waals surface area contributed by atoms with Gasteiger partial charge in [0.15, 0.2) is 0 Å². The number of benzene rings is 1. The lowest BCUT2D eigenvalue weighted by atomic mass is 10.1. The SMILES string of the molecule is CNc1cc(Cn2c(=O)n(Cc3cnn(C)c3)c(=O)c3cc(S(=O)(=O)NC4(C)CC4)sc32)c(F)cc1F. The van der Waals surface area contributed by atoms with E-state index in [-0.39, 0.29) is 38.8 Å². The minimum absolute atomic E-state index is 0.00572. The zero-order chi connectivity index (χ0) is 26.7. The van der Waals surface area contributed by atoms with E-state index in [4.69, 9.17) is 0 Å². The number of halogens is 2. The number of hydrogen-bond donors (Lipinski definition) is 2. The third kappa shape index (κ3) is 4.71. The predicted octanol–water partition coefficient (Wildman–Crippen LogP) is 2.21. The molecular formula is C23H24F2N6O4S2. The molecule has 0 unspecified atom stereocenters. The number of aromatic nitrogens is 4. The summed E-state index contributed by atoms with van der Waals surface area (Å²) in [4.78, 5) is 27.1. The highest BCUT2D eigenvalue weighted by atomic mass is 32.2. The predicted molar refractivity (Wildman–Crippen MR) is 136 cm³/mol. The van der Waals surface area contributed by atoms with Crippen LogP contribution in [0, 0.1) is 11.6 Å². The molecule has 1 aliphatic carbocycles. The number of rotatable bonds is 8. The molecule has 0 saturated heterocycles. The van der Waals surface area contributed by atoms with Crippen molar-refractivity contribution in [1.29, 1.82) is 0 Å². The summed E-state index contributed by atoms with van der Waals surface area (Å²) in [5, 5.41) is 6.69. The number of aryl methyl sites for hydroxylation is 1. The highest BCUT2D eigenvalue weighted by molar-refractivity contribution is 7.91. The Morgan fingerprint density at radius 1 is 1.11 bits per heavy atom. The van der Waals surface area contributed by atoms with Gasteiger partial charge in [-0.05, 0) is 31.9 Å². The van der Waals surface area contributed by atoms with Gasteiger partial charge in [0.2, 0.25) is 0 Å². The standard InChI is InChI=1S/C23H24F2N6O4S2/c1-23(4-5-23)28-37(34,35)19-7-15-20(32)30(11-13-9-27-29(3)10-13)22(33)31(21(15)36-19)12-14-6-18(26-2)17(25)8-16(14)24/h6-10,26,28H,4-5,11-12H2,1-3H3. The topological polar surface area (TPSA) is 120 Å². The molecule has 0 spiro atoms. The molecule has 5 rings (SSSR count). The Balaban J connectivity index is 1.71. The molecule has 3 heterocycles. The van der Waals surface area contributed by atoms with E-state index in [9.17, 15) is 26.8 Å². The van der Waals surface area contributed by atoms with Gasteiger partial charge in [-0.3, -0.25) is 18.6 Å². The number of anilines is 1. The maximum absolute atomic E-state index is 14.7. The minimum Gasteiger partial charge on any atom is -0.386 e. The smallest absolute Gasteiger partial charge is 0.332 e. The summed E-state index contributed by atoms with van der Waals surface area (Å²) >= 11 is 0.756. The average molecular weight is 551 g/mol. The monoisotopic (exact) mass is 550 g/mol. The van der Waals surface area contributed by atoms with Crippen LogP contribution in [0.4, 0.5) is 14.5 Å². The molecule has 4 aromatic rings. The van der Waals surface area contributed by atoms with Gasteiger partial charge in [-0.2, -0.15) is 5.10 Å². The molecule has 1 aliphatic rings. The number of nitrogens with one attached hydrogen (secondary N) is 2. The fourth-order valence-corrected chi connectivity index (χ4v) is 6.97. The third-order valence-electron chi connectivity index (χ3n) is 6.35. The van der Waals surface area contributed by atoms with Crippen molar-refractivity contribution in [1.82, 2.24) is 23.6 Å². The van der Waals surface area contributed by atoms with Gasteiger partial charge in [0.1, 0.15) is 20.7 Å². The van der Waals surface area contributed by atoms with E-state index in [1.807, 2.05) is 0 Å². The van der Waals surface area contributed by atoms with Gasteiger partial charge in [-0.15, -0.1) is 11.3 Å². The largest absolute Gasteiger partial charge is 0.386 e. The molecule has 1 fully saturated rings. The molecule has 1 aromatic carbocycles. The minimum atomic E-state index is -3.97. The Morgan fingerprint density at radius 2 is 1.84 bits per heavy atom. The van der Waals surface area contributed by atoms with Crippen molar-refractivity contribution < 1.29 is 17.2 Å². The Morgan fingerprint density at radius 3 is 2.46 bits per heavy atom. The maximum Gasteiger partial charge on any atom is 0.332 e. The van der Waals surface area contributed by atoms with Crippen LogP contribution in [0.1, 0.15) is 30.9 Å². The van der Waals surface area contributed by atoms with Crippen LogP contribution < -0.4 is 21.3 Å². The molecular weight excluding hydrogens is 526 g/mol. The quantitative estimate of drug-likeness (QED) is 0.347. The summed E-state index contributed by atoms with van der Waals surface area (Å²) in [6.45, 7) is 1.31. The fourth-order valence-electron chi connectivity index (χ4n) is 4.07. The van der Waals surface area contributed by atoms with E-state index in [1.165, 1.54) is 30.1 Å². The summed E-state index contributed by atoms with van der Waals surface area (Å²) in [7, 11) is -0.809. The number of hydrogen-bond acceptors (Lipinski definition) is 7. The summed E-state index contributed by atoms with van der Waals surface area (Å²) in [5.41, 5.74) is -1.39. The van der Waals surface area contributed by atoms with E-state index in [0.717, 1.165) is 20.5 Å². The van der Waals surface area contributed by atoms with Crippen LogP contribution in [0.25, 0.3) is 10.2 Å². The second-order valence-electron chi connectivity index (χ2n) is 9.41. The second kappa shape index (κ2) is 8.89. The van der Waals surface area contributed by atoms with E-state index < -0.39 is 38.4 Å². The van der Waals surface area contributed by atoms with Crippen molar-refractivity contribution in [3.05, 3.63) is 74.2 Å². The van der Waals surface area contributed by atoms with Gasteiger partial charge in [-0.1, -0.05) is 0 Å². The van der Waals surface area contributed by atoms with Gasteiger partial charge in [0, 0.05) is 43.0 Å². The van der Waals surface area contributed by atoms with Crippen LogP contribution in [0.5, 0.6) is 0 Å². The van der Waals surface area contributed by atoms with Crippen LogP contribution in [-0.2, 0) is 30.2 Å². The van der Waals surface area contributed by atoms with Crippen molar-refractivity contribution in [2.45, 2.75) is 42.6 Å². The van der Waals surface area contributed by atoms with Crippen LogP contribution >= 0.6 is 11.3 Å². The highest BCUT2D eigenvalue weighted by Gasteiger charge is 2.41. The molecule has 37 heavy (non-hydrogen) atoms. The Hall–Kier alpha value is -3.36. The number of sulfonamides is 1. The highest BCUT2D eigenvalue weighted by Crippen LogP contribution is 2.37. The first-order valence-electron chi connectivity index (χ1n) is 11.4. The van der Waals surface area contributed by atoms with E-state index in [2.05, 4.69) is 15.1 Å². The number of thiophene rings is 1. The zero-order valence-electron chi connectivity index (χ0n) is 20.2. The first-order valence-corrected chi connectivity index (χ1v) is 13.6. The lowest BCUT2D eigenvalue weighted by Gasteiger charge is -2.13. The van der Waals surface area contributed by atoms with Crippen molar-refractivity contribution in [3.63, 3.8) is 0 Å². The van der Waals surface area contributed by atoms with Gasteiger partial charge < -0.3 is 5.32 Å². The average Bonchev–Trinajstić information content (AvgIpc) is 3.20. The summed E-state index contributed by atoms with van der Waals surface area (Å²) in [6, 6.07) is 3.19. The van der Waals surface area contributed by atoms with Gasteiger partial charge in [0.25, 0.3) is 15.6 Å². The molecule has 10 nitrogen and oxygen atoms in total. The van der Waals surface area contributed by atoms with Crippen molar-refractivity contribution in [2.75, 3.05) is 12.4 Å². The van der Waals surface area contributed by atoms with E-state index in [0.29, 0.717) is 24.5 Å². The molecule has 0 amide bonds. The molecule has 0 radical (unpaired) electrons. The van der Waals surface area contributed by atoms with Gasteiger partial charge in [0.05, 0.1) is 30.4 Å². The van der Waals surface area contributed by atoms with Crippen LogP contribution in [0.2, 0.25) is 0 Å². The Bertz CT molecular complexity index is 1770. The first kappa shape index (κ1) is 25.3. The molecule has 1 saturated carbocycles. The van der Waals surface area contributed by atoms with Gasteiger partial charge in [-0.25, -0.2) is 26.7 Å². The molecule has 0 atom stereocenters. The molecule has 0 bridgehead atoms. The van der Waals surface area contributed by atoms with Gasteiger partial charge >= 0.3 is 5.69 Å². The van der Waals surface area contributed by atoms with Crippen molar-refractivity contribution >= 4 is 37.3 Å². The van der Waals surface area contributed by atoms with Crippen LogP contribution in [0.3, 0.4) is 0 Å². The van der Waals surface area contributed by atoms with E-state index >= 15 is 0 Å². The lowest BCUT2D eigenvalue weighted by molar-refractivity contribution is 0.559. The first-order chi connectivity index (χ1) is 17.4. The summed E-state index contributed by atoms with van der Waals surface area (Å²) < 4.78 is 61.0. The molecule has 2 N–H and O–H groups in total. The molecule has 3 aromatic heterocycles. The number of fused-ring (bicyclic) bond motifs is 1. The normalized spacial score (nSPS) is 14.8. The van der Waals surface area contributed by atoms with Crippen molar-refractivity contribution in [3.8, 4) is 0 Å². The molecule has 0 aliphatic heterocycles. The number of nitrogens with zero attached hydrogens (tertiary/aromatic N) is 4. The fraction of sp³-hybridized carbons (Fsp3) is 0.348. The second-order valence-corrected chi connectivity index (χ2v) is 12.3. The summed E-state index contributed by atoms with van der Waals surface area (Å²) in [5.74, 6) is -1.68. The van der Waals surface area contributed by atoms with E-state index in [1.54, 1.807) is 20.2 Å². The molecule has 14 heteroatoms. The van der Waals surface area contributed by atoms with Crippen LogP contribution in [-0.4, -0.2) is 39.9 Å². The lowest BCUT2D eigenvalue weighted by Crippen LogP contribution is -2.40.